The molecule has 8 nitrogen and oxygen atoms in total. The van der Waals surface area contributed by atoms with Crippen LogP contribution < -0.4 is 10.6 Å². The Morgan fingerprint density at radius 3 is 2.45 bits per heavy atom. The highest BCUT2D eigenvalue weighted by Crippen LogP contribution is 2.41. The number of allylic oxidation sites excluding steroid dienone is 3. The Kier molecular flexibility index (Phi) is 9.25. The van der Waals surface area contributed by atoms with Crippen LogP contribution in [0.25, 0.3) is 5.57 Å². The van der Waals surface area contributed by atoms with Crippen LogP contribution in [0.3, 0.4) is 0 Å². The first-order chi connectivity index (χ1) is 21.4. The van der Waals surface area contributed by atoms with E-state index in [2.05, 4.69) is 70.4 Å². The van der Waals surface area contributed by atoms with Crippen molar-refractivity contribution in [3.05, 3.63) is 59.1 Å². The average molecular weight is 595 g/mol. The van der Waals surface area contributed by atoms with Crippen molar-refractivity contribution in [2.75, 3.05) is 58.3 Å². The summed E-state index contributed by atoms with van der Waals surface area (Å²) in [6, 6.07) is 10.1. The van der Waals surface area contributed by atoms with Gasteiger partial charge in [0, 0.05) is 76.7 Å². The zero-order valence-electron chi connectivity index (χ0n) is 27.1. The lowest BCUT2D eigenvalue weighted by molar-refractivity contribution is 0.0982. The van der Waals surface area contributed by atoms with Crippen LogP contribution in [0.2, 0.25) is 0 Å². The molecule has 2 N–H and O–H groups in total. The van der Waals surface area contributed by atoms with Gasteiger partial charge in [0.25, 0.3) is 0 Å². The lowest BCUT2D eigenvalue weighted by Crippen LogP contribution is -2.52. The molecule has 3 fully saturated rings. The first kappa shape index (κ1) is 30.6. The minimum Gasteiger partial charge on any atom is -0.382 e. The number of piperazine rings is 1. The Labute approximate surface area is 264 Å². The normalized spacial score (nSPS) is 24.7. The molecule has 1 aromatic carbocycles. The van der Waals surface area contributed by atoms with Crippen molar-refractivity contribution in [2.24, 2.45) is 21.6 Å². The third-order valence-corrected chi connectivity index (χ3v) is 10.8. The molecule has 1 saturated carbocycles. The summed E-state index contributed by atoms with van der Waals surface area (Å²) in [7, 11) is 4.45. The predicted octanol–water partition coefficient (Wildman–Crippen LogP) is 5.39. The van der Waals surface area contributed by atoms with E-state index in [0.717, 1.165) is 98.8 Å². The van der Waals surface area contributed by atoms with Crippen molar-refractivity contribution >= 4 is 22.8 Å². The number of piperidine rings is 1. The monoisotopic (exact) mass is 594 g/mol. The van der Waals surface area contributed by atoms with Crippen molar-refractivity contribution in [1.82, 2.24) is 14.7 Å². The van der Waals surface area contributed by atoms with Gasteiger partial charge in [-0.05, 0) is 62.4 Å². The maximum absolute atomic E-state index is 10.3. The fourth-order valence-corrected chi connectivity index (χ4v) is 8.02. The number of hydrogen-bond acceptors (Lipinski definition) is 8. The summed E-state index contributed by atoms with van der Waals surface area (Å²) >= 11 is 0. The molecule has 6 rings (SSSR count). The molecule has 4 heterocycles. The molecule has 234 valence electrons. The quantitative estimate of drug-likeness (QED) is 0.445. The van der Waals surface area contributed by atoms with Gasteiger partial charge in [-0.2, -0.15) is 5.26 Å². The van der Waals surface area contributed by atoms with Crippen molar-refractivity contribution in [1.29, 1.82) is 5.26 Å². The number of rotatable bonds is 6. The number of aliphatic imine (C=N–C) groups is 2. The van der Waals surface area contributed by atoms with E-state index in [1.807, 2.05) is 12.3 Å². The Morgan fingerprint density at radius 2 is 1.77 bits per heavy atom. The van der Waals surface area contributed by atoms with Crippen molar-refractivity contribution < 1.29 is 0 Å². The van der Waals surface area contributed by atoms with Gasteiger partial charge < -0.3 is 20.4 Å². The first-order valence-electron chi connectivity index (χ1n) is 16.8. The number of nitriles is 1. The van der Waals surface area contributed by atoms with Gasteiger partial charge in [-0.25, -0.2) is 4.99 Å². The fourth-order valence-electron chi connectivity index (χ4n) is 8.02. The van der Waals surface area contributed by atoms with Gasteiger partial charge in [0.1, 0.15) is 11.9 Å². The highest BCUT2D eigenvalue weighted by Gasteiger charge is 2.35. The number of anilines is 1. The number of benzene rings is 1. The van der Waals surface area contributed by atoms with Crippen LogP contribution >= 0.6 is 0 Å². The molecule has 0 aromatic heterocycles. The zero-order chi connectivity index (χ0) is 30.8. The van der Waals surface area contributed by atoms with Gasteiger partial charge >= 0.3 is 0 Å². The van der Waals surface area contributed by atoms with E-state index in [4.69, 9.17) is 10.7 Å². The molecule has 1 aromatic rings. The first-order valence-corrected chi connectivity index (χ1v) is 16.8. The number of fused-ring (bicyclic) bond motifs is 1. The summed E-state index contributed by atoms with van der Waals surface area (Å²) in [4.78, 5) is 19.8. The van der Waals surface area contributed by atoms with E-state index < -0.39 is 0 Å². The van der Waals surface area contributed by atoms with Gasteiger partial charge in [0.05, 0.1) is 28.6 Å². The van der Waals surface area contributed by atoms with Crippen LogP contribution in [-0.4, -0.2) is 91.7 Å². The summed E-state index contributed by atoms with van der Waals surface area (Å²) in [6.07, 6.45) is 12.1. The summed E-state index contributed by atoms with van der Waals surface area (Å²) in [5.41, 5.74) is 14.5. The maximum atomic E-state index is 10.3. The molecule has 1 atom stereocenters. The smallest absolute Gasteiger partial charge is 0.146 e. The highest BCUT2D eigenvalue weighted by molar-refractivity contribution is 6.45. The molecule has 44 heavy (non-hydrogen) atoms. The van der Waals surface area contributed by atoms with Crippen molar-refractivity contribution in [3.63, 3.8) is 0 Å². The SMILES string of the molecule is C=C1CC(N(C)C2CCCCC2)=C(CC)N=C2C(N)=NC=C(c3ccc(N4CCC(N5CCN(C)CC5)CC4)c(C#N)c3)C12. The number of likely N-dealkylation sites (N-methyl/N-ethyl adjacent to an activating group) is 1. The third kappa shape index (κ3) is 6.09. The molecule has 1 aliphatic carbocycles. The topological polar surface area (TPSA) is 87.5 Å². The highest BCUT2D eigenvalue weighted by atomic mass is 15.3. The van der Waals surface area contributed by atoms with E-state index >= 15 is 0 Å². The minimum absolute atomic E-state index is 0.150. The third-order valence-electron chi connectivity index (χ3n) is 10.8. The maximum Gasteiger partial charge on any atom is 0.146 e. The number of nitrogens with two attached hydrogens (primary N) is 1. The second-order valence-corrected chi connectivity index (χ2v) is 13.4. The molecular weight excluding hydrogens is 544 g/mol. The lowest BCUT2D eigenvalue weighted by atomic mass is 9.80. The second-order valence-electron chi connectivity index (χ2n) is 13.4. The van der Waals surface area contributed by atoms with E-state index in [1.165, 1.54) is 37.8 Å². The lowest BCUT2D eigenvalue weighted by Gasteiger charge is -2.42. The van der Waals surface area contributed by atoms with Crippen LogP contribution in [0.5, 0.6) is 0 Å². The number of amidine groups is 1. The van der Waals surface area contributed by atoms with E-state index in [0.29, 0.717) is 23.5 Å². The Bertz CT molecular complexity index is 1410. The molecule has 2 saturated heterocycles. The molecule has 0 spiro atoms. The van der Waals surface area contributed by atoms with Crippen LogP contribution in [0.1, 0.15) is 75.8 Å². The summed E-state index contributed by atoms with van der Waals surface area (Å²) in [5, 5.41) is 10.3. The number of nitrogens with zero attached hydrogens (tertiary/aromatic N) is 7. The van der Waals surface area contributed by atoms with Gasteiger partial charge in [-0.3, -0.25) is 9.89 Å². The van der Waals surface area contributed by atoms with Gasteiger partial charge in [-0.15, -0.1) is 0 Å². The van der Waals surface area contributed by atoms with Crippen molar-refractivity contribution in [2.45, 2.75) is 76.8 Å². The Balaban J connectivity index is 1.22. The summed E-state index contributed by atoms with van der Waals surface area (Å²) in [6.45, 7) is 13.4. The molecule has 0 radical (unpaired) electrons. The molecule has 4 aliphatic heterocycles. The number of hydrogen-bond donors (Lipinski definition) is 1. The van der Waals surface area contributed by atoms with Crippen LogP contribution in [0.15, 0.2) is 57.9 Å². The van der Waals surface area contributed by atoms with Crippen LogP contribution in [0, 0.1) is 17.2 Å². The van der Waals surface area contributed by atoms with Gasteiger partial charge in [0.2, 0.25) is 0 Å². The van der Waals surface area contributed by atoms with E-state index in [1.54, 1.807) is 0 Å². The average Bonchev–Trinajstić information content (AvgIpc) is 3.22. The fraction of sp³-hybridized carbons (Fsp3) is 0.583. The van der Waals surface area contributed by atoms with Crippen molar-refractivity contribution in [3.8, 4) is 6.07 Å². The van der Waals surface area contributed by atoms with Gasteiger partial charge in [-0.1, -0.05) is 44.4 Å². The molecule has 8 heteroatoms. The molecule has 5 aliphatic rings. The largest absolute Gasteiger partial charge is 0.382 e. The van der Waals surface area contributed by atoms with Crippen LogP contribution in [-0.2, 0) is 0 Å². The summed E-state index contributed by atoms with van der Waals surface area (Å²) < 4.78 is 0. The molecule has 0 amide bonds. The standard InChI is InChI=1S/C36H50N8/c1-5-31-33(42(4)28-9-7-6-8-10-28)21-25(2)34-30(24-39-36(38)35(34)40-31)26-11-12-32(27(22-26)23-37)44-15-13-29(14-16-44)43-19-17-41(3)18-20-43/h11-12,22,24,28-29,34H,2,5-10,13-21H2,1,3-4H3,(H2,38,39). The Morgan fingerprint density at radius 1 is 1.05 bits per heavy atom. The molecular formula is C36H50N8. The zero-order valence-corrected chi connectivity index (χ0v) is 27.1. The Hall–Kier alpha value is -3.41. The second kappa shape index (κ2) is 13.3. The van der Waals surface area contributed by atoms with E-state index in [9.17, 15) is 5.26 Å². The minimum atomic E-state index is -0.150. The molecule has 0 bridgehead atoms. The molecule has 1 unspecified atom stereocenters. The van der Waals surface area contributed by atoms with E-state index in [-0.39, 0.29) is 5.92 Å². The predicted molar refractivity (Wildman–Crippen MR) is 182 cm³/mol. The van der Waals surface area contributed by atoms with Crippen LogP contribution in [0.4, 0.5) is 5.69 Å². The summed E-state index contributed by atoms with van der Waals surface area (Å²) in [5.74, 6) is 0.316. The van der Waals surface area contributed by atoms with Gasteiger partial charge in [0.15, 0.2) is 0 Å².